The number of aliphatic hydroxyl groups excluding tert-OH is 1. The molecule has 1 aliphatic heterocycles. The Kier molecular flexibility index (Phi) is 5.83. The first kappa shape index (κ1) is 14.5. The Morgan fingerprint density at radius 1 is 1.37 bits per heavy atom. The van der Waals surface area contributed by atoms with Crippen LogP contribution in [0.3, 0.4) is 0 Å². The minimum Gasteiger partial charge on any atom is -0.392 e. The topological polar surface area (TPSA) is 44.3 Å². The van der Waals surface area contributed by atoms with Gasteiger partial charge in [-0.3, -0.25) is 0 Å². The number of hydrogen-bond donors (Lipinski definition) is 3. The molecule has 0 amide bonds. The third-order valence-corrected chi connectivity index (χ3v) is 3.88. The average Bonchev–Trinajstić information content (AvgIpc) is 2.46. The van der Waals surface area contributed by atoms with E-state index in [-0.39, 0.29) is 6.61 Å². The molecule has 0 radical (unpaired) electrons. The number of piperidine rings is 1. The monoisotopic (exact) mass is 262 g/mol. The van der Waals surface area contributed by atoms with Gasteiger partial charge in [0, 0.05) is 18.6 Å². The quantitative estimate of drug-likeness (QED) is 0.736. The van der Waals surface area contributed by atoms with Gasteiger partial charge < -0.3 is 15.7 Å². The maximum Gasteiger partial charge on any atom is 0.0681 e. The fourth-order valence-corrected chi connectivity index (χ4v) is 2.77. The fraction of sp³-hybridized carbons (Fsp3) is 0.625. The summed E-state index contributed by atoms with van der Waals surface area (Å²) in [6.07, 6.45) is 5.20. The van der Waals surface area contributed by atoms with Crippen LogP contribution in [0.4, 0.5) is 0 Å². The SMILES string of the molecule is CC(CC1CCCCN1)NCc1cccc(CO)c1. The minimum absolute atomic E-state index is 0.120. The van der Waals surface area contributed by atoms with Crippen molar-refractivity contribution in [2.24, 2.45) is 0 Å². The standard InChI is InChI=1S/C16H26N2O/c1-13(9-16-7-2-3-8-17-16)18-11-14-5-4-6-15(10-14)12-19/h4-6,10,13,16-19H,2-3,7-9,11-12H2,1H3. The molecule has 1 aliphatic rings. The van der Waals surface area contributed by atoms with Gasteiger partial charge in [0.05, 0.1) is 6.61 Å². The predicted molar refractivity (Wildman–Crippen MR) is 78.9 cm³/mol. The van der Waals surface area contributed by atoms with Gasteiger partial charge in [0.15, 0.2) is 0 Å². The molecule has 3 heteroatoms. The molecule has 1 heterocycles. The summed E-state index contributed by atoms with van der Waals surface area (Å²) in [5.41, 5.74) is 2.23. The second-order valence-corrected chi connectivity index (χ2v) is 5.64. The molecule has 19 heavy (non-hydrogen) atoms. The Labute approximate surface area is 116 Å². The summed E-state index contributed by atoms with van der Waals surface area (Å²) in [5, 5.41) is 16.3. The summed E-state index contributed by atoms with van der Waals surface area (Å²) in [5.74, 6) is 0. The van der Waals surface area contributed by atoms with E-state index in [4.69, 9.17) is 5.11 Å². The number of benzene rings is 1. The molecule has 0 saturated carbocycles. The van der Waals surface area contributed by atoms with Crippen molar-refractivity contribution >= 4 is 0 Å². The highest BCUT2D eigenvalue weighted by molar-refractivity contribution is 5.22. The van der Waals surface area contributed by atoms with Crippen LogP contribution in [0, 0.1) is 0 Å². The molecule has 1 aromatic carbocycles. The third-order valence-electron chi connectivity index (χ3n) is 3.88. The lowest BCUT2D eigenvalue weighted by molar-refractivity contribution is 0.281. The van der Waals surface area contributed by atoms with Crippen molar-refractivity contribution in [2.75, 3.05) is 6.54 Å². The Balaban J connectivity index is 1.74. The lowest BCUT2D eigenvalue weighted by Crippen LogP contribution is -2.39. The molecule has 1 saturated heterocycles. The lowest BCUT2D eigenvalue weighted by Gasteiger charge is -2.26. The molecule has 2 rings (SSSR count). The van der Waals surface area contributed by atoms with Crippen LogP contribution in [0.25, 0.3) is 0 Å². The molecule has 3 N–H and O–H groups in total. The van der Waals surface area contributed by atoms with Gasteiger partial charge in [0.2, 0.25) is 0 Å². The molecule has 1 fully saturated rings. The highest BCUT2D eigenvalue weighted by atomic mass is 16.3. The fourth-order valence-electron chi connectivity index (χ4n) is 2.77. The molecular weight excluding hydrogens is 236 g/mol. The maximum absolute atomic E-state index is 9.13. The number of rotatable bonds is 6. The van der Waals surface area contributed by atoms with Gasteiger partial charge >= 0.3 is 0 Å². The van der Waals surface area contributed by atoms with Gasteiger partial charge in [-0.05, 0) is 43.9 Å². The van der Waals surface area contributed by atoms with Crippen molar-refractivity contribution in [1.29, 1.82) is 0 Å². The predicted octanol–water partition coefficient (Wildman–Crippen LogP) is 2.19. The van der Waals surface area contributed by atoms with E-state index in [1.165, 1.54) is 37.8 Å². The zero-order chi connectivity index (χ0) is 13.5. The van der Waals surface area contributed by atoms with Crippen LogP contribution in [0.2, 0.25) is 0 Å². The normalized spacial score (nSPS) is 21.3. The Morgan fingerprint density at radius 2 is 2.21 bits per heavy atom. The van der Waals surface area contributed by atoms with Crippen molar-refractivity contribution in [3.8, 4) is 0 Å². The number of nitrogens with one attached hydrogen (secondary N) is 2. The van der Waals surface area contributed by atoms with Crippen LogP contribution >= 0.6 is 0 Å². The van der Waals surface area contributed by atoms with Gasteiger partial charge in [-0.2, -0.15) is 0 Å². The smallest absolute Gasteiger partial charge is 0.0681 e. The largest absolute Gasteiger partial charge is 0.392 e. The molecule has 0 bridgehead atoms. The van der Waals surface area contributed by atoms with Gasteiger partial charge in [-0.25, -0.2) is 0 Å². The Hall–Kier alpha value is -0.900. The highest BCUT2D eigenvalue weighted by Crippen LogP contribution is 2.12. The molecule has 2 unspecified atom stereocenters. The molecule has 0 aliphatic carbocycles. The summed E-state index contributed by atoms with van der Waals surface area (Å²) < 4.78 is 0. The molecule has 3 nitrogen and oxygen atoms in total. The van der Waals surface area contributed by atoms with Crippen LogP contribution in [0.15, 0.2) is 24.3 Å². The zero-order valence-corrected chi connectivity index (χ0v) is 11.9. The summed E-state index contributed by atoms with van der Waals surface area (Å²) in [6.45, 7) is 4.43. The van der Waals surface area contributed by atoms with Crippen molar-refractivity contribution in [3.63, 3.8) is 0 Å². The van der Waals surface area contributed by atoms with Crippen LogP contribution in [-0.2, 0) is 13.2 Å². The molecule has 0 aromatic heterocycles. The van der Waals surface area contributed by atoms with Crippen LogP contribution < -0.4 is 10.6 Å². The molecule has 1 aromatic rings. The van der Waals surface area contributed by atoms with E-state index >= 15 is 0 Å². The number of hydrogen-bond acceptors (Lipinski definition) is 3. The first-order chi connectivity index (χ1) is 9.28. The first-order valence-electron chi connectivity index (χ1n) is 7.43. The molecule has 106 valence electrons. The van der Waals surface area contributed by atoms with E-state index in [0.717, 1.165) is 12.1 Å². The van der Waals surface area contributed by atoms with Crippen LogP contribution in [-0.4, -0.2) is 23.7 Å². The number of aliphatic hydroxyl groups is 1. The van der Waals surface area contributed by atoms with Crippen molar-refractivity contribution in [2.45, 2.75) is 57.8 Å². The van der Waals surface area contributed by atoms with E-state index in [9.17, 15) is 0 Å². The first-order valence-corrected chi connectivity index (χ1v) is 7.43. The van der Waals surface area contributed by atoms with Gasteiger partial charge in [0.25, 0.3) is 0 Å². The van der Waals surface area contributed by atoms with Gasteiger partial charge in [-0.15, -0.1) is 0 Å². The highest BCUT2D eigenvalue weighted by Gasteiger charge is 2.15. The summed E-state index contributed by atoms with van der Waals surface area (Å²) in [6, 6.07) is 9.35. The lowest BCUT2D eigenvalue weighted by atomic mass is 9.98. The minimum atomic E-state index is 0.120. The molecule has 0 spiro atoms. The second-order valence-electron chi connectivity index (χ2n) is 5.64. The second kappa shape index (κ2) is 7.63. The van der Waals surface area contributed by atoms with Gasteiger partial charge in [0.1, 0.15) is 0 Å². The zero-order valence-electron chi connectivity index (χ0n) is 11.9. The average molecular weight is 262 g/mol. The van der Waals surface area contributed by atoms with Crippen LogP contribution in [0.1, 0.15) is 43.7 Å². The maximum atomic E-state index is 9.13. The van der Waals surface area contributed by atoms with Crippen molar-refractivity contribution < 1.29 is 5.11 Å². The van der Waals surface area contributed by atoms with E-state index in [1.54, 1.807) is 0 Å². The summed E-state index contributed by atoms with van der Waals surface area (Å²) in [7, 11) is 0. The molecule has 2 atom stereocenters. The summed E-state index contributed by atoms with van der Waals surface area (Å²) in [4.78, 5) is 0. The third kappa shape index (κ3) is 4.94. The van der Waals surface area contributed by atoms with E-state index in [0.29, 0.717) is 12.1 Å². The summed E-state index contributed by atoms with van der Waals surface area (Å²) >= 11 is 0. The van der Waals surface area contributed by atoms with E-state index in [2.05, 4.69) is 29.7 Å². The van der Waals surface area contributed by atoms with E-state index < -0.39 is 0 Å². The van der Waals surface area contributed by atoms with Gasteiger partial charge in [-0.1, -0.05) is 30.7 Å². The Bertz CT molecular complexity index is 375. The molecular formula is C16H26N2O. The van der Waals surface area contributed by atoms with E-state index in [1.807, 2.05) is 12.1 Å². The van der Waals surface area contributed by atoms with Crippen molar-refractivity contribution in [3.05, 3.63) is 35.4 Å². The van der Waals surface area contributed by atoms with Crippen LogP contribution in [0.5, 0.6) is 0 Å². The Morgan fingerprint density at radius 3 is 2.95 bits per heavy atom. The van der Waals surface area contributed by atoms with Crippen molar-refractivity contribution in [1.82, 2.24) is 10.6 Å².